The second-order valence-electron chi connectivity index (χ2n) is 5.30. The zero-order valence-corrected chi connectivity index (χ0v) is 12.6. The molecular weight excluding hydrogens is 254 g/mol. The first kappa shape index (κ1) is 14.3. The van der Waals surface area contributed by atoms with E-state index in [1.54, 1.807) is 11.8 Å². The summed E-state index contributed by atoms with van der Waals surface area (Å²) in [7, 11) is 3.44. The minimum absolute atomic E-state index is 0.468. The number of nitrogens with two attached hydrogens (primary N) is 1. The second kappa shape index (κ2) is 5.48. The van der Waals surface area contributed by atoms with Crippen LogP contribution in [0.1, 0.15) is 25.2 Å². The van der Waals surface area contributed by atoms with Crippen molar-refractivity contribution >= 4 is 5.82 Å². The van der Waals surface area contributed by atoms with Gasteiger partial charge in [-0.15, -0.1) is 0 Å². The number of nitrogens with zero attached hydrogens (tertiary/aromatic N) is 4. The molecule has 0 radical (unpaired) electrons. The van der Waals surface area contributed by atoms with Crippen LogP contribution >= 0.6 is 0 Å². The molecule has 2 aromatic rings. The van der Waals surface area contributed by atoms with Crippen LogP contribution in [0.15, 0.2) is 6.07 Å². The van der Waals surface area contributed by atoms with Crippen LogP contribution in [0, 0.1) is 12.8 Å². The Bertz CT molecular complexity index is 618. The Morgan fingerprint density at radius 2 is 2.05 bits per heavy atom. The maximum absolute atomic E-state index is 5.90. The predicted molar refractivity (Wildman–Crippen MR) is 78.5 cm³/mol. The van der Waals surface area contributed by atoms with Gasteiger partial charge in [-0.25, -0.2) is 14.6 Å². The van der Waals surface area contributed by atoms with Crippen molar-refractivity contribution in [3.8, 4) is 17.3 Å². The monoisotopic (exact) mass is 275 g/mol. The number of rotatable bonds is 4. The average Bonchev–Trinajstić information content (AvgIpc) is 2.61. The molecule has 2 heterocycles. The van der Waals surface area contributed by atoms with Crippen molar-refractivity contribution in [3.05, 3.63) is 17.5 Å². The van der Waals surface area contributed by atoms with Crippen LogP contribution in [0.5, 0.6) is 5.88 Å². The number of hydrogen-bond acceptors (Lipinski definition) is 5. The summed E-state index contributed by atoms with van der Waals surface area (Å²) in [6.45, 7) is 6.20. The van der Waals surface area contributed by atoms with Gasteiger partial charge >= 0.3 is 0 Å². The van der Waals surface area contributed by atoms with Crippen LogP contribution in [0.25, 0.3) is 11.4 Å². The minimum Gasteiger partial charge on any atom is -0.481 e. The number of ether oxygens (including phenoxy) is 1. The van der Waals surface area contributed by atoms with Crippen molar-refractivity contribution < 1.29 is 4.74 Å². The SMILES string of the molecule is COc1c(-c2nc(N)cc(CC(C)C)n2)c(C)nn1C. The van der Waals surface area contributed by atoms with E-state index in [0.29, 0.717) is 23.4 Å². The topological polar surface area (TPSA) is 78.8 Å². The largest absolute Gasteiger partial charge is 0.481 e. The molecule has 0 amide bonds. The van der Waals surface area contributed by atoms with Gasteiger partial charge in [-0.2, -0.15) is 5.10 Å². The van der Waals surface area contributed by atoms with E-state index in [9.17, 15) is 0 Å². The van der Waals surface area contributed by atoms with Crippen LogP contribution in [-0.4, -0.2) is 26.9 Å². The number of anilines is 1. The Morgan fingerprint density at radius 1 is 1.35 bits per heavy atom. The first-order valence-electron chi connectivity index (χ1n) is 6.63. The van der Waals surface area contributed by atoms with Crippen molar-refractivity contribution in [2.75, 3.05) is 12.8 Å². The van der Waals surface area contributed by atoms with Gasteiger partial charge in [-0.3, -0.25) is 0 Å². The van der Waals surface area contributed by atoms with E-state index in [1.165, 1.54) is 0 Å². The maximum Gasteiger partial charge on any atom is 0.222 e. The molecule has 108 valence electrons. The van der Waals surface area contributed by atoms with Gasteiger partial charge in [-0.05, 0) is 19.3 Å². The van der Waals surface area contributed by atoms with E-state index in [2.05, 4.69) is 28.9 Å². The van der Waals surface area contributed by atoms with Gasteiger partial charge < -0.3 is 10.5 Å². The third kappa shape index (κ3) is 2.74. The van der Waals surface area contributed by atoms with Gasteiger partial charge in [0.2, 0.25) is 5.88 Å². The third-order valence-corrected chi connectivity index (χ3v) is 3.00. The summed E-state index contributed by atoms with van der Waals surface area (Å²) in [4.78, 5) is 8.93. The summed E-state index contributed by atoms with van der Waals surface area (Å²) in [5.74, 6) is 2.19. The lowest BCUT2D eigenvalue weighted by Crippen LogP contribution is -2.04. The average molecular weight is 275 g/mol. The van der Waals surface area contributed by atoms with Crippen molar-refractivity contribution in [1.29, 1.82) is 0 Å². The van der Waals surface area contributed by atoms with Crippen molar-refractivity contribution in [2.24, 2.45) is 13.0 Å². The highest BCUT2D eigenvalue weighted by atomic mass is 16.5. The lowest BCUT2D eigenvalue weighted by molar-refractivity contribution is 0.374. The summed E-state index contributed by atoms with van der Waals surface area (Å²) >= 11 is 0. The molecule has 0 aliphatic heterocycles. The number of methoxy groups -OCH3 is 1. The van der Waals surface area contributed by atoms with Gasteiger partial charge in [-0.1, -0.05) is 13.8 Å². The van der Waals surface area contributed by atoms with Crippen molar-refractivity contribution in [2.45, 2.75) is 27.2 Å². The van der Waals surface area contributed by atoms with E-state index in [1.807, 2.05) is 20.0 Å². The Morgan fingerprint density at radius 3 is 2.65 bits per heavy atom. The molecule has 0 saturated carbocycles. The molecule has 0 aromatic carbocycles. The van der Waals surface area contributed by atoms with Crippen LogP contribution in [0.4, 0.5) is 5.82 Å². The Balaban J connectivity index is 2.55. The predicted octanol–water partition coefficient (Wildman–Crippen LogP) is 1.97. The Kier molecular flexibility index (Phi) is 3.92. The molecule has 6 heteroatoms. The number of aromatic nitrogens is 4. The molecule has 0 aliphatic carbocycles. The highest BCUT2D eigenvalue weighted by Crippen LogP contribution is 2.30. The minimum atomic E-state index is 0.468. The van der Waals surface area contributed by atoms with E-state index in [-0.39, 0.29) is 0 Å². The lowest BCUT2D eigenvalue weighted by atomic mass is 10.1. The smallest absolute Gasteiger partial charge is 0.222 e. The van der Waals surface area contributed by atoms with Crippen LogP contribution < -0.4 is 10.5 Å². The molecule has 0 aliphatic rings. The fourth-order valence-corrected chi connectivity index (χ4v) is 2.28. The molecule has 2 rings (SSSR count). The van der Waals surface area contributed by atoms with E-state index in [4.69, 9.17) is 10.5 Å². The quantitative estimate of drug-likeness (QED) is 0.923. The van der Waals surface area contributed by atoms with Crippen LogP contribution in [-0.2, 0) is 13.5 Å². The van der Waals surface area contributed by atoms with Crippen molar-refractivity contribution in [3.63, 3.8) is 0 Å². The number of nitrogen functional groups attached to an aromatic ring is 1. The summed E-state index contributed by atoms with van der Waals surface area (Å²) in [6.07, 6.45) is 0.862. The standard InChI is InChI=1S/C14H21N5O/c1-8(2)6-10-7-11(15)17-13(16-10)12-9(3)18-19(4)14(12)20-5/h7-8H,6H2,1-5H3,(H2,15,16,17). The molecule has 0 unspecified atom stereocenters. The maximum atomic E-state index is 5.90. The Hall–Kier alpha value is -2.11. The molecule has 6 nitrogen and oxygen atoms in total. The van der Waals surface area contributed by atoms with Crippen LogP contribution in [0.2, 0.25) is 0 Å². The van der Waals surface area contributed by atoms with Crippen LogP contribution in [0.3, 0.4) is 0 Å². The van der Waals surface area contributed by atoms with Gasteiger partial charge in [0.1, 0.15) is 11.4 Å². The second-order valence-corrected chi connectivity index (χ2v) is 5.30. The van der Waals surface area contributed by atoms with Gasteiger partial charge in [0.05, 0.1) is 12.8 Å². The molecular formula is C14H21N5O. The highest BCUT2D eigenvalue weighted by molar-refractivity contribution is 5.66. The first-order chi connectivity index (χ1) is 9.42. The van der Waals surface area contributed by atoms with Gasteiger partial charge in [0.15, 0.2) is 5.82 Å². The molecule has 0 spiro atoms. The summed E-state index contributed by atoms with van der Waals surface area (Å²) in [6, 6.07) is 1.82. The molecule has 2 N–H and O–H groups in total. The van der Waals surface area contributed by atoms with E-state index in [0.717, 1.165) is 23.4 Å². The Labute approximate surface area is 119 Å². The zero-order valence-electron chi connectivity index (χ0n) is 12.6. The van der Waals surface area contributed by atoms with E-state index >= 15 is 0 Å². The lowest BCUT2D eigenvalue weighted by Gasteiger charge is -2.09. The summed E-state index contributed by atoms with van der Waals surface area (Å²) in [5.41, 5.74) is 8.46. The number of aryl methyl sites for hydroxylation is 2. The zero-order chi connectivity index (χ0) is 14.9. The molecule has 2 aromatic heterocycles. The van der Waals surface area contributed by atoms with Gasteiger partial charge in [0.25, 0.3) is 0 Å². The van der Waals surface area contributed by atoms with Crippen molar-refractivity contribution in [1.82, 2.24) is 19.7 Å². The van der Waals surface area contributed by atoms with Gasteiger partial charge in [0, 0.05) is 18.8 Å². The first-order valence-corrected chi connectivity index (χ1v) is 6.63. The molecule has 20 heavy (non-hydrogen) atoms. The molecule has 0 saturated heterocycles. The normalized spacial score (nSPS) is 11.1. The fraction of sp³-hybridized carbons (Fsp3) is 0.500. The van der Waals surface area contributed by atoms with E-state index < -0.39 is 0 Å². The molecule has 0 fully saturated rings. The summed E-state index contributed by atoms with van der Waals surface area (Å²) < 4.78 is 7.07. The number of hydrogen-bond donors (Lipinski definition) is 1. The molecule has 0 atom stereocenters. The molecule has 0 bridgehead atoms. The third-order valence-electron chi connectivity index (χ3n) is 3.00. The highest BCUT2D eigenvalue weighted by Gasteiger charge is 2.19. The fourth-order valence-electron chi connectivity index (χ4n) is 2.28. The summed E-state index contributed by atoms with van der Waals surface area (Å²) in [5, 5.41) is 4.35.